The average Bonchev–Trinajstić information content (AvgIpc) is 3.22. The Balaban J connectivity index is 1.50. The molecule has 3 aromatic carbocycles. The van der Waals surface area contributed by atoms with Crippen molar-refractivity contribution in [2.24, 2.45) is 4.99 Å². The molecule has 0 bridgehead atoms. The Labute approximate surface area is 218 Å². The van der Waals surface area contributed by atoms with Crippen LogP contribution >= 0.6 is 11.3 Å². The molecule has 0 saturated carbocycles. The Hall–Kier alpha value is -4.23. The van der Waals surface area contributed by atoms with Crippen molar-refractivity contribution >= 4 is 23.4 Å². The molecule has 1 aliphatic rings. The van der Waals surface area contributed by atoms with Crippen molar-refractivity contribution in [3.63, 3.8) is 0 Å². The van der Waals surface area contributed by atoms with Crippen molar-refractivity contribution in [3.8, 4) is 5.75 Å². The zero-order chi connectivity index (χ0) is 25.8. The molecule has 0 unspecified atom stereocenters. The van der Waals surface area contributed by atoms with Gasteiger partial charge in [-0.1, -0.05) is 84.1 Å². The van der Waals surface area contributed by atoms with Crippen LogP contribution in [-0.2, 0) is 16.1 Å². The third kappa shape index (κ3) is 5.17. The number of carbonyl (C=O) groups is 1. The number of hydrogen-bond acceptors (Lipinski definition) is 6. The van der Waals surface area contributed by atoms with Crippen molar-refractivity contribution < 1.29 is 14.3 Å². The molecule has 37 heavy (non-hydrogen) atoms. The monoisotopic (exact) mass is 510 g/mol. The van der Waals surface area contributed by atoms with Crippen molar-refractivity contribution in [2.75, 3.05) is 6.61 Å². The number of hydrogen-bond donors (Lipinski definition) is 0. The highest BCUT2D eigenvalue weighted by Gasteiger charge is 2.33. The summed E-state index contributed by atoms with van der Waals surface area (Å²) in [6.07, 6.45) is 1.84. The summed E-state index contributed by atoms with van der Waals surface area (Å²) in [5.41, 5.74) is 3.53. The number of esters is 1. The summed E-state index contributed by atoms with van der Waals surface area (Å²) >= 11 is 1.31. The van der Waals surface area contributed by atoms with Crippen LogP contribution in [0, 0.1) is 0 Å². The zero-order valence-corrected chi connectivity index (χ0v) is 21.4. The lowest BCUT2D eigenvalue weighted by molar-refractivity contribution is -0.139. The molecule has 7 heteroatoms. The molecular formula is C30H26N2O4S. The molecule has 0 fully saturated rings. The van der Waals surface area contributed by atoms with E-state index in [1.54, 1.807) is 18.4 Å². The summed E-state index contributed by atoms with van der Waals surface area (Å²) in [4.78, 5) is 31.7. The molecule has 0 aliphatic carbocycles. The molecule has 0 saturated heterocycles. The highest BCUT2D eigenvalue weighted by molar-refractivity contribution is 7.07. The Morgan fingerprint density at radius 2 is 1.68 bits per heavy atom. The predicted molar refractivity (Wildman–Crippen MR) is 144 cm³/mol. The zero-order valence-electron chi connectivity index (χ0n) is 20.6. The lowest BCUT2D eigenvalue weighted by Gasteiger charge is -2.24. The molecule has 0 radical (unpaired) electrons. The van der Waals surface area contributed by atoms with E-state index in [0.29, 0.717) is 27.2 Å². The standard InChI is InChI=1S/C30H26N2O4S/c1-3-35-29(34)26-20(2)31-30-32(27(26)23-12-8-5-9-13-23)28(33)25(37-30)18-21-14-16-24(17-15-21)36-19-22-10-6-4-7-11-22/h4-18,27H,3,19H2,1-2H3/b25-18+/t27-/m1/s1. The number of benzene rings is 3. The predicted octanol–water partition coefficient (Wildman–Crippen LogP) is 4.38. The minimum atomic E-state index is -0.604. The summed E-state index contributed by atoms with van der Waals surface area (Å²) in [7, 11) is 0. The lowest BCUT2D eigenvalue weighted by Crippen LogP contribution is -2.39. The summed E-state index contributed by atoms with van der Waals surface area (Å²) in [6, 6.07) is 26.5. The van der Waals surface area contributed by atoms with Crippen molar-refractivity contribution in [1.29, 1.82) is 0 Å². The van der Waals surface area contributed by atoms with Gasteiger partial charge in [0.25, 0.3) is 5.56 Å². The molecule has 0 amide bonds. The maximum atomic E-state index is 13.6. The number of nitrogens with zero attached hydrogens (tertiary/aromatic N) is 2. The molecule has 1 aliphatic heterocycles. The van der Waals surface area contributed by atoms with Crippen LogP contribution in [0.25, 0.3) is 6.08 Å². The highest BCUT2D eigenvalue weighted by atomic mass is 32.1. The molecule has 1 aromatic heterocycles. The largest absolute Gasteiger partial charge is 0.489 e. The molecule has 1 atom stereocenters. The third-order valence-corrected chi connectivity index (χ3v) is 7.04. The number of fused-ring (bicyclic) bond motifs is 1. The van der Waals surface area contributed by atoms with Gasteiger partial charge in [-0.05, 0) is 48.7 Å². The summed E-state index contributed by atoms with van der Waals surface area (Å²) < 4.78 is 13.3. The van der Waals surface area contributed by atoms with E-state index >= 15 is 0 Å². The second-order valence-corrected chi connectivity index (χ2v) is 9.57. The third-order valence-electron chi connectivity index (χ3n) is 6.06. The number of carbonyl (C=O) groups excluding carboxylic acids is 1. The fraction of sp³-hybridized carbons (Fsp3) is 0.167. The number of ether oxygens (including phenoxy) is 2. The Morgan fingerprint density at radius 1 is 1.00 bits per heavy atom. The first-order valence-corrected chi connectivity index (χ1v) is 12.9. The average molecular weight is 511 g/mol. The Kier molecular flexibility index (Phi) is 7.14. The topological polar surface area (TPSA) is 69.9 Å². The van der Waals surface area contributed by atoms with Gasteiger partial charge in [-0.2, -0.15) is 0 Å². The van der Waals surface area contributed by atoms with E-state index in [-0.39, 0.29) is 12.2 Å². The van der Waals surface area contributed by atoms with E-state index in [9.17, 15) is 9.59 Å². The van der Waals surface area contributed by atoms with E-state index in [1.165, 1.54) is 11.3 Å². The van der Waals surface area contributed by atoms with Gasteiger partial charge < -0.3 is 9.47 Å². The van der Waals surface area contributed by atoms with Crippen LogP contribution < -0.4 is 19.6 Å². The SMILES string of the molecule is CCOC(=O)C1=C(C)N=c2s/c(=C/c3ccc(OCc4ccccc4)cc3)c(=O)n2[C@@H]1c1ccccc1. The molecule has 0 N–H and O–H groups in total. The second-order valence-electron chi connectivity index (χ2n) is 8.56. The van der Waals surface area contributed by atoms with Gasteiger partial charge in [-0.3, -0.25) is 9.36 Å². The molecule has 4 aromatic rings. The molecule has 5 rings (SSSR count). The van der Waals surface area contributed by atoms with E-state index < -0.39 is 12.0 Å². The van der Waals surface area contributed by atoms with Crippen LogP contribution in [0.4, 0.5) is 0 Å². The van der Waals surface area contributed by atoms with E-state index in [0.717, 1.165) is 22.4 Å². The first kappa shape index (κ1) is 24.5. The van der Waals surface area contributed by atoms with Crippen molar-refractivity contribution in [3.05, 3.63) is 133 Å². The van der Waals surface area contributed by atoms with Crippen LogP contribution in [0.1, 0.15) is 36.6 Å². The van der Waals surface area contributed by atoms with Gasteiger partial charge in [0.1, 0.15) is 12.4 Å². The van der Waals surface area contributed by atoms with Crippen LogP contribution in [0.5, 0.6) is 5.75 Å². The normalized spacial score (nSPS) is 15.2. The molecular weight excluding hydrogens is 484 g/mol. The van der Waals surface area contributed by atoms with Gasteiger partial charge in [-0.15, -0.1) is 0 Å². The molecule has 2 heterocycles. The minimum Gasteiger partial charge on any atom is -0.489 e. The second kappa shape index (κ2) is 10.8. The number of rotatable bonds is 7. The van der Waals surface area contributed by atoms with E-state index in [2.05, 4.69) is 4.99 Å². The van der Waals surface area contributed by atoms with Crippen LogP contribution in [-0.4, -0.2) is 17.1 Å². The summed E-state index contributed by atoms with van der Waals surface area (Å²) in [5.74, 6) is 0.291. The first-order chi connectivity index (χ1) is 18.0. The van der Waals surface area contributed by atoms with Gasteiger partial charge in [0.15, 0.2) is 4.80 Å². The van der Waals surface area contributed by atoms with Gasteiger partial charge in [-0.25, -0.2) is 9.79 Å². The van der Waals surface area contributed by atoms with E-state index in [4.69, 9.17) is 9.47 Å². The fourth-order valence-corrected chi connectivity index (χ4v) is 5.34. The smallest absolute Gasteiger partial charge is 0.338 e. The Morgan fingerprint density at radius 3 is 2.35 bits per heavy atom. The van der Waals surface area contributed by atoms with Gasteiger partial charge >= 0.3 is 5.97 Å². The number of allylic oxidation sites excluding steroid dienone is 1. The summed E-state index contributed by atoms with van der Waals surface area (Å²) in [6.45, 7) is 4.28. The lowest BCUT2D eigenvalue weighted by atomic mass is 9.96. The quantitative estimate of drug-likeness (QED) is 0.346. The van der Waals surface area contributed by atoms with Gasteiger partial charge in [0.2, 0.25) is 0 Å². The van der Waals surface area contributed by atoms with Crippen molar-refractivity contribution in [1.82, 2.24) is 4.57 Å². The maximum absolute atomic E-state index is 13.6. The molecule has 0 spiro atoms. The minimum absolute atomic E-state index is 0.198. The van der Waals surface area contributed by atoms with Crippen LogP contribution in [0.2, 0.25) is 0 Å². The van der Waals surface area contributed by atoms with Crippen molar-refractivity contribution in [2.45, 2.75) is 26.5 Å². The number of aromatic nitrogens is 1. The summed E-state index contributed by atoms with van der Waals surface area (Å²) in [5, 5.41) is 0. The highest BCUT2D eigenvalue weighted by Crippen LogP contribution is 2.30. The van der Waals surface area contributed by atoms with Gasteiger partial charge in [0.05, 0.1) is 28.5 Å². The van der Waals surface area contributed by atoms with E-state index in [1.807, 2.05) is 91.0 Å². The van der Waals surface area contributed by atoms with Crippen LogP contribution in [0.3, 0.4) is 0 Å². The van der Waals surface area contributed by atoms with Crippen LogP contribution in [0.15, 0.2) is 106 Å². The van der Waals surface area contributed by atoms with Gasteiger partial charge in [0, 0.05) is 0 Å². The molecule has 6 nitrogen and oxygen atoms in total. The maximum Gasteiger partial charge on any atom is 0.338 e. The molecule has 186 valence electrons. The Bertz CT molecular complexity index is 1620. The first-order valence-electron chi connectivity index (χ1n) is 12.1. The number of thiazole rings is 1. The fourth-order valence-electron chi connectivity index (χ4n) is 4.29.